The third-order valence-electron chi connectivity index (χ3n) is 4.75. The van der Waals surface area contributed by atoms with Gasteiger partial charge in [-0.25, -0.2) is 9.37 Å². The minimum absolute atomic E-state index is 0.145. The molecule has 1 aliphatic rings. The van der Waals surface area contributed by atoms with E-state index in [1.807, 2.05) is 18.2 Å². The van der Waals surface area contributed by atoms with Crippen molar-refractivity contribution < 1.29 is 9.18 Å². The van der Waals surface area contributed by atoms with Crippen LogP contribution >= 0.6 is 11.6 Å². The molecule has 0 saturated carbocycles. The summed E-state index contributed by atoms with van der Waals surface area (Å²) in [6.07, 6.45) is 2.05. The summed E-state index contributed by atoms with van der Waals surface area (Å²) >= 11 is 6.13. The van der Waals surface area contributed by atoms with E-state index in [9.17, 15) is 9.18 Å². The minimum Gasteiger partial charge on any atom is -0.369 e. The summed E-state index contributed by atoms with van der Waals surface area (Å²) in [6.45, 7) is 2.18. The first kappa shape index (κ1) is 16.9. The maximum absolute atomic E-state index is 13.6. The van der Waals surface area contributed by atoms with Crippen LogP contribution in [0.5, 0.6) is 0 Å². The van der Waals surface area contributed by atoms with Crippen molar-refractivity contribution in [2.45, 2.75) is 24.8 Å². The highest BCUT2D eigenvalue weighted by Gasteiger charge is 2.43. The highest BCUT2D eigenvalue weighted by molar-refractivity contribution is 6.30. The van der Waals surface area contributed by atoms with Crippen molar-refractivity contribution in [3.05, 3.63) is 64.7 Å². The van der Waals surface area contributed by atoms with Crippen molar-refractivity contribution in [2.24, 2.45) is 5.73 Å². The van der Waals surface area contributed by atoms with Gasteiger partial charge >= 0.3 is 0 Å². The van der Waals surface area contributed by atoms with E-state index in [2.05, 4.69) is 22.0 Å². The van der Waals surface area contributed by atoms with Crippen molar-refractivity contribution in [1.82, 2.24) is 9.88 Å². The predicted octanol–water partition coefficient (Wildman–Crippen LogP) is 2.89. The number of primary amides is 1. The highest BCUT2D eigenvalue weighted by atomic mass is 35.5. The second-order valence-corrected chi connectivity index (χ2v) is 6.56. The van der Waals surface area contributed by atoms with Crippen LogP contribution < -0.4 is 5.73 Å². The van der Waals surface area contributed by atoms with Crippen LogP contribution in [0.3, 0.4) is 0 Å². The Morgan fingerprint density at radius 1 is 1.29 bits per heavy atom. The first-order valence-electron chi connectivity index (χ1n) is 7.89. The van der Waals surface area contributed by atoms with Gasteiger partial charge in [-0.05, 0) is 37.6 Å². The molecule has 1 saturated heterocycles. The van der Waals surface area contributed by atoms with E-state index in [-0.39, 0.29) is 5.15 Å². The number of rotatable bonds is 4. The Bertz CT molecular complexity index is 730. The normalized spacial score (nSPS) is 17.6. The summed E-state index contributed by atoms with van der Waals surface area (Å²) in [5.74, 6) is -0.988. The highest BCUT2D eigenvalue weighted by Crippen LogP contribution is 2.39. The third kappa shape index (κ3) is 3.28. The van der Waals surface area contributed by atoms with Crippen LogP contribution in [0.1, 0.15) is 24.0 Å². The van der Waals surface area contributed by atoms with Crippen LogP contribution in [0.2, 0.25) is 5.15 Å². The van der Waals surface area contributed by atoms with Gasteiger partial charge in [0.25, 0.3) is 0 Å². The molecule has 4 nitrogen and oxygen atoms in total. The van der Waals surface area contributed by atoms with E-state index in [0.29, 0.717) is 31.5 Å². The van der Waals surface area contributed by atoms with E-state index in [1.54, 1.807) is 0 Å². The molecule has 3 rings (SSSR count). The number of likely N-dealkylation sites (tertiary alicyclic amines) is 1. The Kier molecular flexibility index (Phi) is 4.83. The quantitative estimate of drug-likeness (QED) is 0.865. The van der Waals surface area contributed by atoms with Gasteiger partial charge in [-0.15, -0.1) is 0 Å². The molecular weight excluding hydrogens is 329 g/mol. The largest absolute Gasteiger partial charge is 0.369 e. The Labute approximate surface area is 145 Å². The number of hydrogen-bond donors (Lipinski definition) is 1. The standard InChI is InChI=1S/C18H19ClFN3O/c19-16-15(10-14(20)11-22-16)18(17(21)24)6-8-23(9-7-18)12-13-4-2-1-3-5-13/h1-5,10-11H,6-9,12H2,(H2,21,24). The van der Waals surface area contributed by atoms with E-state index in [0.717, 1.165) is 12.7 Å². The zero-order chi connectivity index (χ0) is 17.2. The molecule has 1 aromatic heterocycles. The van der Waals surface area contributed by atoms with Crippen molar-refractivity contribution in [2.75, 3.05) is 13.1 Å². The van der Waals surface area contributed by atoms with Gasteiger partial charge in [0.15, 0.2) is 0 Å². The number of hydrogen-bond acceptors (Lipinski definition) is 3. The van der Waals surface area contributed by atoms with E-state index < -0.39 is 17.1 Å². The first-order valence-corrected chi connectivity index (χ1v) is 8.27. The number of carbonyl (C=O) groups excluding carboxylic acids is 1. The third-order valence-corrected chi connectivity index (χ3v) is 5.05. The number of amides is 1. The van der Waals surface area contributed by atoms with Gasteiger partial charge in [0.2, 0.25) is 5.91 Å². The Morgan fingerprint density at radius 2 is 1.96 bits per heavy atom. The Balaban J connectivity index is 1.80. The summed E-state index contributed by atoms with van der Waals surface area (Å²) in [5.41, 5.74) is 6.34. The number of pyridine rings is 1. The molecule has 0 atom stereocenters. The topological polar surface area (TPSA) is 59.2 Å². The molecule has 2 N–H and O–H groups in total. The van der Waals surface area contributed by atoms with Crippen LogP contribution in [0, 0.1) is 5.82 Å². The van der Waals surface area contributed by atoms with Crippen molar-refractivity contribution in [1.29, 1.82) is 0 Å². The minimum atomic E-state index is -0.959. The molecule has 0 bridgehead atoms. The van der Waals surface area contributed by atoms with Gasteiger partial charge in [-0.2, -0.15) is 0 Å². The van der Waals surface area contributed by atoms with Crippen LogP contribution in [-0.2, 0) is 16.8 Å². The zero-order valence-corrected chi connectivity index (χ0v) is 14.0. The van der Waals surface area contributed by atoms with E-state index >= 15 is 0 Å². The lowest BCUT2D eigenvalue weighted by Gasteiger charge is -2.40. The number of piperidine rings is 1. The molecule has 2 heterocycles. The molecule has 1 fully saturated rings. The molecule has 1 aliphatic heterocycles. The summed E-state index contributed by atoms with van der Waals surface area (Å²) in [4.78, 5) is 18.3. The van der Waals surface area contributed by atoms with Gasteiger partial charge < -0.3 is 5.73 Å². The molecule has 0 spiro atoms. The Morgan fingerprint density at radius 3 is 2.58 bits per heavy atom. The smallest absolute Gasteiger partial charge is 0.228 e. The fourth-order valence-corrected chi connectivity index (χ4v) is 3.63. The van der Waals surface area contributed by atoms with Crippen LogP contribution in [0.4, 0.5) is 4.39 Å². The molecule has 1 amide bonds. The zero-order valence-electron chi connectivity index (χ0n) is 13.2. The van der Waals surface area contributed by atoms with Crippen molar-refractivity contribution in [3.63, 3.8) is 0 Å². The van der Waals surface area contributed by atoms with Crippen LogP contribution in [0.25, 0.3) is 0 Å². The fourth-order valence-electron chi connectivity index (χ4n) is 3.34. The van der Waals surface area contributed by atoms with Gasteiger partial charge in [-0.3, -0.25) is 9.69 Å². The number of carbonyl (C=O) groups is 1. The van der Waals surface area contributed by atoms with E-state index in [1.165, 1.54) is 11.6 Å². The number of halogens is 2. The van der Waals surface area contributed by atoms with Crippen molar-refractivity contribution >= 4 is 17.5 Å². The van der Waals surface area contributed by atoms with Crippen LogP contribution in [0.15, 0.2) is 42.6 Å². The molecule has 1 aromatic carbocycles. The van der Waals surface area contributed by atoms with Gasteiger partial charge in [0.1, 0.15) is 11.0 Å². The lowest BCUT2D eigenvalue weighted by Crippen LogP contribution is -2.50. The number of nitrogens with two attached hydrogens (primary N) is 1. The summed E-state index contributed by atoms with van der Waals surface area (Å²) in [7, 11) is 0. The number of benzene rings is 1. The second kappa shape index (κ2) is 6.87. The maximum Gasteiger partial charge on any atom is 0.228 e. The van der Waals surface area contributed by atoms with Crippen molar-refractivity contribution in [3.8, 4) is 0 Å². The monoisotopic (exact) mass is 347 g/mol. The summed E-state index contributed by atoms with van der Waals surface area (Å²) in [5, 5.41) is 0.145. The van der Waals surface area contributed by atoms with Gasteiger partial charge in [0.05, 0.1) is 11.6 Å². The average molecular weight is 348 g/mol. The van der Waals surface area contributed by atoms with Gasteiger partial charge in [0, 0.05) is 12.1 Å². The number of nitrogens with zero attached hydrogens (tertiary/aromatic N) is 2. The molecule has 6 heteroatoms. The lowest BCUT2D eigenvalue weighted by molar-refractivity contribution is -0.125. The lowest BCUT2D eigenvalue weighted by atomic mass is 9.72. The second-order valence-electron chi connectivity index (χ2n) is 6.20. The fraction of sp³-hybridized carbons (Fsp3) is 0.333. The summed E-state index contributed by atoms with van der Waals surface area (Å²) in [6, 6.07) is 11.4. The summed E-state index contributed by atoms with van der Waals surface area (Å²) < 4.78 is 13.6. The average Bonchev–Trinajstić information content (AvgIpc) is 2.59. The molecule has 0 unspecified atom stereocenters. The molecule has 0 aliphatic carbocycles. The Hall–Kier alpha value is -1.98. The molecule has 0 radical (unpaired) electrons. The van der Waals surface area contributed by atoms with Gasteiger partial charge in [-0.1, -0.05) is 41.9 Å². The SMILES string of the molecule is NC(=O)C1(c2cc(F)cnc2Cl)CCN(Cc2ccccc2)CC1. The molecule has 126 valence electrons. The molecular formula is C18H19ClFN3O. The van der Waals surface area contributed by atoms with E-state index in [4.69, 9.17) is 17.3 Å². The van der Waals surface area contributed by atoms with Crippen LogP contribution in [-0.4, -0.2) is 28.9 Å². The first-order chi connectivity index (χ1) is 11.5. The maximum atomic E-state index is 13.6. The molecule has 24 heavy (non-hydrogen) atoms. The predicted molar refractivity (Wildman–Crippen MR) is 91.0 cm³/mol. The number of aromatic nitrogens is 1. The molecule has 2 aromatic rings.